The van der Waals surface area contributed by atoms with Crippen molar-refractivity contribution in [1.82, 2.24) is 0 Å². The molecule has 68 heavy (non-hydrogen) atoms. The Labute approximate surface area is 398 Å². The molecule has 5 aliphatic carbocycles. The fourth-order valence-electron chi connectivity index (χ4n) is 15.5. The largest absolute Gasteiger partial charge is 0.481 e. The van der Waals surface area contributed by atoms with E-state index in [9.17, 15) is 66.1 Å². The zero-order valence-corrected chi connectivity index (χ0v) is 40.7. The van der Waals surface area contributed by atoms with Gasteiger partial charge in [-0.05, 0) is 103 Å². The lowest BCUT2D eigenvalue weighted by Crippen LogP contribution is -2.70. The molecule has 0 unspecified atom stereocenters. The van der Waals surface area contributed by atoms with Crippen LogP contribution in [0.3, 0.4) is 0 Å². The lowest BCUT2D eigenvalue weighted by Gasteiger charge is -2.72. The summed E-state index contributed by atoms with van der Waals surface area (Å²) in [5.74, 6) is -1.34. The molecule has 0 amide bonds. The number of carboxylic acid groups (broad SMARTS) is 1. The summed E-state index contributed by atoms with van der Waals surface area (Å²) in [7, 11) is 0. The number of carbonyl (C=O) groups is 1. The molecule has 4 saturated carbocycles. The molecule has 8 rings (SSSR count). The van der Waals surface area contributed by atoms with E-state index in [0.29, 0.717) is 25.7 Å². The molecular formula is C49H80O19. The molecule has 25 atom stereocenters. The van der Waals surface area contributed by atoms with Crippen LogP contribution in [0.2, 0.25) is 0 Å². The Bertz CT molecular complexity index is 1860. The molecule has 0 aromatic rings. The van der Waals surface area contributed by atoms with Crippen molar-refractivity contribution in [2.45, 2.75) is 224 Å². The molecule has 0 aromatic carbocycles. The first-order valence-corrected chi connectivity index (χ1v) is 24.8. The highest BCUT2D eigenvalue weighted by molar-refractivity contribution is 5.67. The minimum atomic E-state index is -1.85. The number of aliphatic hydroxyl groups is 11. The van der Waals surface area contributed by atoms with Crippen LogP contribution >= 0.6 is 0 Å². The molecular weight excluding hydrogens is 893 g/mol. The first-order chi connectivity index (χ1) is 31.6. The molecule has 19 heteroatoms. The lowest BCUT2D eigenvalue weighted by molar-refractivity contribution is -0.368. The van der Waals surface area contributed by atoms with Crippen molar-refractivity contribution in [2.75, 3.05) is 13.2 Å². The van der Waals surface area contributed by atoms with Crippen molar-refractivity contribution < 1.29 is 94.5 Å². The average molecular weight is 973 g/mol. The molecule has 3 saturated heterocycles. The molecule has 0 bridgehead atoms. The second-order valence-electron chi connectivity index (χ2n) is 24.2. The Balaban J connectivity index is 1.04. The van der Waals surface area contributed by atoms with Gasteiger partial charge in [0.2, 0.25) is 0 Å². The Kier molecular flexibility index (Phi) is 14.4. The number of aliphatic carboxylic acids is 1. The number of ether oxygens (including phenoxy) is 6. The van der Waals surface area contributed by atoms with E-state index in [1.807, 2.05) is 0 Å². The average Bonchev–Trinajstić information content (AvgIpc) is 3.25. The van der Waals surface area contributed by atoms with Crippen LogP contribution in [-0.2, 0) is 33.2 Å². The van der Waals surface area contributed by atoms with Crippen LogP contribution in [-0.4, -0.2) is 191 Å². The summed E-state index contributed by atoms with van der Waals surface area (Å²) >= 11 is 0. The Morgan fingerprint density at radius 2 is 1.29 bits per heavy atom. The number of hydrogen-bond donors (Lipinski definition) is 12. The van der Waals surface area contributed by atoms with Gasteiger partial charge in [0, 0.05) is 0 Å². The van der Waals surface area contributed by atoms with E-state index >= 15 is 0 Å². The number of allylic oxidation sites excluding steroid dienone is 2. The SMILES string of the molecule is C[C@@H]1O[C@@H](OC[C@]23[C@@H](O)CC(C)(C)C[C@H]2C2=CC[C@@H]4[C@@]5(C)CC[C@H](O[C@@H]6O[C@H](CC(=O)O)[C@@H](O)[C@H](O[C@@H]7O[C@H](CO)[C@@H](O)[C@H](O)[C@H]7O)[C@H]6O)C(C)(C)[C@@H]5CC[C@@]4(C)[C@]2(C)C[C@@H]3O)[C@H](O)[C@H](O)[C@H]1O. The van der Waals surface area contributed by atoms with Gasteiger partial charge in [-0.1, -0.05) is 60.1 Å². The number of carboxylic acids is 1. The van der Waals surface area contributed by atoms with Gasteiger partial charge in [0.25, 0.3) is 0 Å². The highest BCUT2D eigenvalue weighted by atomic mass is 16.7. The molecule has 0 radical (unpaired) electrons. The molecule has 3 heterocycles. The van der Waals surface area contributed by atoms with Crippen molar-refractivity contribution >= 4 is 5.97 Å². The van der Waals surface area contributed by atoms with Crippen LogP contribution in [0.5, 0.6) is 0 Å². The fourth-order valence-corrected chi connectivity index (χ4v) is 15.5. The topological polar surface area (TPSA) is 315 Å². The molecule has 0 aromatic heterocycles. The second kappa shape index (κ2) is 18.5. The summed E-state index contributed by atoms with van der Waals surface area (Å²) < 4.78 is 36.2. The van der Waals surface area contributed by atoms with Gasteiger partial charge in [-0.25, -0.2) is 0 Å². The maximum atomic E-state index is 12.7. The lowest BCUT2D eigenvalue weighted by atomic mass is 9.33. The quantitative estimate of drug-likeness (QED) is 0.102. The molecule has 390 valence electrons. The Hall–Kier alpha value is -1.47. The van der Waals surface area contributed by atoms with Crippen molar-refractivity contribution in [3.63, 3.8) is 0 Å². The smallest absolute Gasteiger partial charge is 0.306 e. The number of hydrogen-bond acceptors (Lipinski definition) is 18. The number of aliphatic hydroxyl groups excluding tert-OH is 11. The van der Waals surface area contributed by atoms with E-state index in [0.717, 1.165) is 25.7 Å². The van der Waals surface area contributed by atoms with Gasteiger partial charge < -0.3 is 89.7 Å². The first kappa shape index (κ1) is 52.8. The summed E-state index contributed by atoms with van der Waals surface area (Å²) in [5, 5.41) is 131. The van der Waals surface area contributed by atoms with Crippen molar-refractivity contribution in [3.05, 3.63) is 11.6 Å². The summed E-state index contributed by atoms with van der Waals surface area (Å²) in [6, 6.07) is 0. The normalized spacial score (nSPS) is 54.3. The van der Waals surface area contributed by atoms with Crippen molar-refractivity contribution in [1.29, 1.82) is 0 Å². The van der Waals surface area contributed by atoms with Crippen LogP contribution in [0, 0.1) is 50.2 Å². The van der Waals surface area contributed by atoms with Gasteiger partial charge in [0.1, 0.15) is 61.0 Å². The van der Waals surface area contributed by atoms with Gasteiger partial charge in [-0.2, -0.15) is 0 Å². The standard InChI is InChI=1S/C49H80O19/c1-21-32(55)35(58)37(60)41(64-21)63-20-49-23(16-44(2,3)17-28(49)51)22-9-10-27-46(6)13-12-30(45(4,5)26(46)11-14-47(27,7)48(22,8)18-29(49)52)67-43-39(62)40(34(57)24(65-43)15-31(53)54)68-42-38(61)36(59)33(56)25(19-50)66-42/h9,21,23-30,32-43,50-52,55-62H,10-20H2,1-8H3,(H,53,54)/t21-,23-,24+,25+,26-,27+,28-,29-,30-,32-,33+,34+,35+,36-,37+,38+,39+,40-,41+,42-,43-,46-,47+,48+,49+/m0/s1. The highest BCUT2D eigenvalue weighted by Crippen LogP contribution is 2.76. The maximum Gasteiger partial charge on any atom is 0.306 e. The summed E-state index contributed by atoms with van der Waals surface area (Å²) in [6.07, 6.45) is -18.6. The van der Waals surface area contributed by atoms with Crippen LogP contribution in [0.1, 0.15) is 113 Å². The molecule has 0 spiro atoms. The summed E-state index contributed by atoms with van der Waals surface area (Å²) in [5.41, 5.74) is -1.80. The predicted molar refractivity (Wildman–Crippen MR) is 237 cm³/mol. The van der Waals surface area contributed by atoms with Gasteiger partial charge in [0.05, 0.1) is 55.6 Å². The third-order valence-corrected chi connectivity index (χ3v) is 19.6. The minimum absolute atomic E-state index is 0.0855. The van der Waals surface area contributed by atoms with Crippen LogP contribution < -0.4 is 0 Å². The Morgan fingerprint density at radius 3 is 1.96 bits per heavy atom. The molecule has 8 aliphatic rings. The summed E-state index contributed by atoms with van der Waals surface area (Å²) in [4.78, 5) is 12.0. The summed E-state index contributed by atoms with van der Waals surface area (Å²) in [6.45, 7) is 16.2. The third kappa shape index (κ3) is 8.26. The first-order valence-electron chi connectivity index (χ1n) is 24.8. The van der Waals surface area contributed by atoms with Crippen LogP contribution in [0.4, 0.5) is 0 Å². The predicted octanol–water partition coefficient (Wildman–Crippen LogP) is 0.0655. The highest BCUT2D eigenvalue weighted by Gasteiger charge is 2.72. The molecule has 7 fully saturated rings. The van der Waals surface area contributed by atoms with E-state index in [1.165, 1.54) is 5.57 Å². The van der Waals surface area contributed by atoms with Crippen molar-refractivity contribution in [2.24, 2.45) is 50.2 Å². The van der Waals surface area contributed by atoms with E-state index in [2.05, 4.69) is 54.5 Å². The minimum Gasteiger partial charge on any atom is -0.481 e. The van der Waals surface area contributed by atoms with E-state index in [4.69, 9.17) is 28.4 Å². The van der Waals surface area contributed by atoms with E-state index in [1.54, 1.807) is 6.92 Å². The van der Waals surface area contributed by atoms with Crippen LogP contribution in [0.25, 0.3) is 0 Å². The van der Waals surface area contributed by atoms with E-state index < -0.39 is 146 Å². The zero-order valence-electron chi connectivity index (χ0n) is 40.7. The van der Waals surface area contributed by atoms with Gasteiger partial charge >= 0.3 is 5.97 Å². The maximum absolute atomic E-state index is 12.7. The number of rotatable bonds is 10. The second-order valence-corrected chi connectivity index (χ2v) is 24.2. The fraction of sp³-hybridized carbons (Fsp3) is 0.939. The van der Waals surface area contributed by atoms with Gasteiger partial charge in [0.15, 0.2) is 18.9 Å². The molecule has 12 N–H and O–H groups in total. The van der Waals surface area contributed by atoms with Crippen molar-refractivity contribution in [3.8, 4) is 0 Å². The van der Waals surface area contributed by atoms with Gasteiger partial charge in [-0.15, -0.1) is 0 Å². The molecule has 19 nitrogen and oxygen atoms in total. The Morgan fingerprint density at radius 1 is 0.676 bits per heavy atom. The monoisotopic (exact) mass is 973 g/mol. The van der Waals surface area contributed by atoms with Gasteiger partial charge in [-0.3, -0.25) is 4.79 Å². The zero-order chi connectivity index (χ0) is 50.0. The molecule has 3 aliphatic heterocycles. The third-order valence-electron chi connectivity index (χ3n) is 19.6. The number of fused-ring (bicyclic) bond motifs is 7. The van der Waals surface area contributed by atoms with Crippen LogP contribution in [0.15, 0.2) is 11.6 Å². The van der Waals surface area contributed by atoms with E-state index in [-0.39, 0.29) is 40.6 Å².